The molecule has 0 unspecified atom stereocenters. The Morgan fingerprint density at radius 1 is 1.37 bits per heavy atom. The molecule has 0 fully saturated rings. The fourth-order valence-electron chi connectivity index (χ4n) is 1.54. The van der Waals surface area contributed by atoms with E-state index in [4.69, 9.17) is 11.5 Å². The van der Waals surface area contributed by atoms with E-state index in [9.17, 15) is 13.2 Å². The first-order chi connectivity index (χ1) is 8.85. The maximum atomic E-state index is 11.4. The van der Waals surface area contributed by atoms with E-state index in [-0.39, 0.29) is 17.9 Å². The second-order valence-electron chi connectivity index (χ2n) is 3.91. The average molecular weight is 286 g/mol. The van der Waals surface area contributed by atoms with Gasteiger partial charge in [0.2, 0.25) is 10.0 Å². The third-order valence-electron chi connectivity index (χ3n) is 2.36. The zero-order valence-electron chi connectivity index (χ0n) is 10.6. The Morgan fingerprint density at radius 2 is 2.05 bits per heavy atom. The van der Waals surface area contributed by atoms with Crippen LogP contribution in [0.4, 0.5) is 11.4 Å². The lowest BCUT2D eigenvalue weighted by Gasteiger charge is -2.11. The molecular formula is C11H18N4O3S. The van der Waals surface area contributed by atoms with Crippen molar-refractivity contribution in [2.24, 2.45) is 5.73 Å². The molecule has 0 atom stereocenters. The van der Waals surface area contributed by atoms with Crippen LogP contribution >= 0.6 is 0 Å². The topological polar surface area (TPSA) is 127 Å². The van der Waals surface area contributed by atoms with Gasteiger partial charge in [-0.15, -0.1) is 0 Å². The molecule has 0 radical (unpaired) electrons. The maximum Gasteiger partial charge on any atom is 0.250 e. The van der Waals surface area contributed by atoms with Gasteiger partial charge in [-0.1, -0.05) is 6.92 Å². The van der Waals surface area contributed by atoms with Crippen molar-refractivity contribution in [1.29, 1.82) is 0 Å². The highest BCUT2D eigenvalue weighted by atomic mass is 32.2. The van der Waals surface area contributed by atoms with Gasteiger partial charge in [0.05, 0.1) is 11.3 Å². The van der Waals surface area contributed by atoms with Gasteiger partial charge < -0.3 is 16.8 Å². The summed E-state index contributed by atoms with van der Waals surface area (Å²) < 4.78 is 25.3. The Kier molecular flexibility index (Phi) is 5.13. The van der Waals surface area contributed by atoms with Crippen molar-refractivity contribution in [2.45, 2.75) is 6.92 Å². The van der Waals surface area contributed by atoms with Crippen LogP contribution in [0.1, 0.15) is 17.3 Å². The summed E-state index contributed by atoms with van der Waals surface area (Å²) in [6, 6.07) is 4.60. The summed E-state index contributed by atoms with van der Waals surface area (Å²) in [5, 5.41) is 2.85. The summed E-state index contributed by atoms with van der Waals surface area (Å²) >= 11 is 0. The molecule has 0 heterocycles. The highest BCUT2D eigenvalue weighted by Crippen LogP contribution is 2.18. The molecule has 19 heavy (non-hydrogen) atoms. The number of carbonyl (C=O) groups excluding carboxylic acids is 1. The predicted octanol–water partition coefficient (Wildman–Crippen LogP) is -0.281. The number of nitrogens with two attached hydrogens (primary N) is 2. The van der Waals surface area contributed by atoms with Gasteiger partial charge >= 0.3 is 0 Å². The van der Waals surface area contributed by atoms with E-state index in [0.29, 0.717) is 17.9 Å². The fraction of sp³-hybridized carbons (Fsp3) is 0.364. The lowest BCUT2D eigenvalue weighted by Crippen LogP contribution is -2.29. The van der Waals surface area contributed by atoms with Gasteiger partial charge in [-0.2, -0.15) is 0 Å². The number of benzene rings is 1. The van der Waals surface area contributed by atoms with Gasteiger partial charge in [0.1, 0.15) is 0 Å². The first kappa shape index (κ1) is 15.3. The Balaban J connectivity index is 2.73. The minimum Gasteiger partial charge on any atom is -0.399 e. The van der Waals surface area contributed by atoms with Gasteiger partial charge in [0.25, 0.3) is 5.91 Å². The van der Waals surface area contributed by atoms with Crippen molar-refractivity contribution in [3.05, 3.63) is 23.8 Å². The van der Waals surface area contributed by atoms with Crippen molar-refractivity contribution in [2.75, 3.05) is 29.9 Å². The summed E-state index contributed by atoms with van der Waals surface area (Å²) in [5.41, 5.74) is 12.0. The van der Waals surface area contributed by atoms with Crippen molar-refractivity contribution in [3.8, 4) is 0 Å². The number of nitrogen functional groups attached to an aromatic ring is 1. The first-order valence-corrected chi connectivity index (χ1v) is 7.41. The van der Waals surface area contributed by atoms with Gasteiger partial charge in [-0.25, -0.2) is 13.1 Å². The molecule has 1 amide bonds. The average Bonchev–Trinajstić information content (AvgIpc) is 2.28. The highest BCUT2D eigenvalue weighted by molar-refractivity contribution is 7.89. The van der Waals surface area contributed by atoms with Crippen LogP contribution in [0.15, 0.2) is 18.2 Å². The van der Waals surface area contributed by atoms with Crippen LogP contribution in [0.3, 0.4) is 0 Å². The number of carbonyl (C=O) groups is 1. The Bertz CT molecular complexity index is 557. The fourth-order valence-corrected chi connectivity index (χ4v) is 2.49. The molecule has 6 N–H and O–H groups in total. The molecule has 1 aromatic rings. The zero-order valence-corrected chi connectivity index (χ0v) is 11.5. The van der Waals surface area contributed by atoms with Gasteiger partial charge in [-0.05, 0) is 18.2 Å². The summed E-state index contributed by atoms with van der Waals surface area (Å²) in [4.78, 5) is 11.2. The van der Waals surface area contributed by atoms with E-state index in [1.165, 1.54) is 6.07 Å². The van der Waals surface area contributed by atoms with Crippen molar-refractivity contribution in [3.63, 3.8) is 0 Å². The van der Waals surface area contributed by atoms with Crippen LogP contribution in [0.25, 0.3) is 0 Å². The van der Waals surface area contributed by atoms with E-state index < -0.39 is 15.9 Å². The molecule has 0 aliphatic carbocycles. The van der Waals surface area contributed by atoms with E-state index in [1.54, 1.807) is 19.1 Å². The molecule has 0 aromatic heterocycles. The van der Waals surface area contributed by atoms with E-state index in [2.05, 4.69) is 10.0 Å². The van der Waals surface area contributed by atoms with E-state index >= 15 is 0 Å². The number of hydrogen-bond donors (Lipinski definition) is 4. The zero-order chi connectivity index (χ0) is 14.5. The molecule has 0 aliphatic heterocycles. The SMILES string of the molecule is CCNS(=O)(=O)CCNc1cc(N)ccc1C(N)=O. The quantitative estimate of drug-likeness (QED) is 0.513. The molecule has 0 saturated heterocycles. The lowest BCUT2D eigenvalue weighted by molar-refractivity contribution is 0.100. The number of anilines is 2. The number of hydrogen-bond acceptors (Lipinski definition) is 5. The Labute approximate surface area is 112 Å². The summed E-state index contributed by atoms with van der Waals surface area (Å²) in [6.07, 6.45) is 0. The van der Waals surface area contributed by atoms with Crippen LogP contribution in [-0.2, 0) is 10.0 Å². The summed E-state index contributed by atoms with van der Waals surface area (Å²) in [6.45, 7) is 2.19. The first-order valence-electron chi connectivity index (χ1n) is 5.76. The molecule has 0 aliphatic rings. The van der Waals surface area contributed by atoms with E-state index in [1.807, 2.05) is 0 Å². The predicted molar refractivity (Wildman–Crippen MR) is 75.3 cm³/mol. The minimum absolute atomic E-state index is 0.103. The van der Waals surface area contributed by atoms with Crippen LogP contribution in [0, 0.1) is 0 Å². The number of nitrogens with one attached hydrogen (secondary N) is 2. The molecule has 0 spiro atoms. The van der Waals surface area contributed by atoms with Crippen molar-refractivity contribution < 1.29 is 13.2 Å². The number of primary amides is 1. The third kappa shape index (κ3) is 4.76. The molecular weight excluding hydrogens is 268 g/mol. The van der Waals surface area contributed by atoms with Crippen LogP contribution in [0.5, 0.6) is 0 Å². The lowest BCUT2D eigenvalue weighted by atomic mass is 10.1. The maximum absolute atomic E-state index is 11.4. The largest absolute Gasteiger partial charge is 0.399 e. The molecule has 0 saturated carbocycles. The second-order valence-corrected chi connectivity index (χ2v) is 5.84. The van der Waals surface area contributed by atoms with Gasteiger partial charge in [0, 0.05) is 24.5 Å². The third-order valence-corrected chi connectivity index (χ3v) is 3.83. The summed E-state index contributed by atoms with van der Waals surface area (Å²) in [7, 11) is -3.30. The van der Waals surface area contributed by atoms with Gasteiger partial charge in [0.15, 0.2) is 0 Å². The van der Waals surface area contributed by atoms with Crippen molar-refractivity contribution >= 4 is 27.3 Å². The molecule has 7 nitrogen and oxygen atoms in total. The van der Waals surface area contributed by atoms with Crippen LogP contribution in [-0.4, -0.2) is 33.2 Å². The number of amides is 1. The Morgan fingerprint density at radius 3 is 2.63 bits per heavy atom. The number of rotatable bonds is 7. The second kappa shape index (κ2) is 6.39. The molecule has 1 rings (SSSR count). The molecule has 1 aromatic carbocycles. The van der Waals surface area contributed by atoms with E-state index in [0.717, 1.165) is 0 Å². The van der Waals surface area contributed by atoms with Crippen molar-refractivity contribution in [1.82, 2.24) is 4.72 Å². The smallest absolute Gasteiger partial charge is 0.250 e. The van der Waals surface area contributed by atoms with Crippen LogP contribution in [0.2, 0.25) is 0 Å². The van der Waals surface area contributed by atoms with Gasteiger partial charge in [-0.3, -0.25) is 4.79 Å². The minimum atomic E-state index is -3.30. The Hall–Kier alpha value is -1.80. The summed E-state index contributed by atoms with van der Waals surface area (Å²) in [5.74, 6) is -0.703. The normalized spacial score (nSPS) is 11.2. The molecule has 106 valence electrons. The van der Waals surface area contributed by atoms with Crippen LogP contribution < -0.4 is 21.5 Å². The molecule has 8 heteroatoms. The number of sulfonamides is 1. The standard InChI is InChI=1S/C11H18N4O3S/c1-2-15-19(17,18)6-5-14-10-7-8(12)3-4-9(10)11(13)16/h3-4,7,14-15H,2,5-6,12H2,1H3,(H2,13,16). The monoisotopic (exact) mass is 286 g/mol. The highest BCUT2D eigenvalue weighted by Gasteiger charge is 2.11. The molecule has 0 bridgehead atoms.